The summed E-state index contributed by atoms with van der Waals surface area (Å²) in [5.41, 5.74) is 6.63. The first kappa shape index (κ1) is 44.1. The number of rotatable bonds is 8. The Morgan fingerprint density at radius 3 is 1.35 bits per heavy atom. The Morgan fingerprint density at radius 2 is 0.909 bits per heavy atom. The fraction of sp³-hybridized carbons (Fsp3) is 0.375. The van der Waals surface area contributed by atoms with Crippen molar-refractivity contribution in [3.05, 3.63) is 125 Å². The number of aryl methyl sites for hydroxylation is 2. The van der Waals surface area contributed by atoms with Gasteiger partial charge in [0.1, 0.15) is 0 Å². The summed E-state index contributed by atoms with van der Waals surface area (Å²) in [6, 6.07) is 18.9. The van der Waals surface area contributed by atoms with E-state index < -0.39 is 23.9 Å². The molecule has 0 radical (unpaired) electrons. The Kier molecular flexibility index (Phi) is 11.1. The van der Waals surface area contributed by atoms with Crippen molar-refractivity contribution < 1.29 is 19.5 Å². The fourth-order valence-corrected chi connectivity index (χ4v) is 14.0. The molecule has 2 saturated carbocycles. The number of hydrogen-bond acceptors (Lipinski definition) is 4. The van der Waals surface area contributed by atoms with Gasteiger partial charge in [-0.05, 0) is 148 Å². The first-order valence-corrected chi connectivity index (χ1v) is 25.4. The molecule has 3 amide bonds. The number of carbonyl (C=O) groups excluding carboxylic acids is 3. The number of halogens is 4. The van der Waals surface area contributed by atoms with Crippen molar-refractivity contribution in [1.29, 1.82) is 0 Å². The number of carbonyl (C=O) groups is 3. The highest BCUT2D eigenvalue weighted by molar-refractivity contribution is 6.56. The smallest absolute Gasteiger partial charge is 0.266 e. The first-order valence-electron chi connectivity index (χ1n) is 23.9. The van der Waals surface area contributed by atoms with Gasteiger partial charge in [-0.25, -0.2) is 4.90 Å². The summed E-state index contributed by atoms with van der Waals surface area (Å²) in [5.74, 6) is 1.12. The summed E-state index contributed by atoms with van der Waals surface area (Å²) in [6.45, 7) is 8.45. The van der Waals surface area contributed by atoms with Crippen LogP contribution in [0.15, 0.2) is 60.7 Å². The maximum Gasteiger partial charge on any atom is 0.266 e. The van der Waals surface area contributed by atoms with Crippen LogP contribution in [0.25, 0.3) is 43.1 Å². The van der Waals surface area contributed by atoms with Gasteiger partial charge in [-0.3, -0.25) is 19.3 Å². The van der Waals surface area contributed by atoms with E-state index in [9.17, 15) is 19.5 Å². The number of amides is 3. The highest BCUT2D eigenvalue weighted by Gasteiger charge is 2.41. The van der Waals surface area contributed by atoms with E-state index in [0.29, 0.717) is 77.4 Å². The van der Waals surface area contributed by atoms with E-state index in [1.165, 1.54) is 72.3 Å². The lowest BCUT2D eigenvalue weighted by Gasteiger charge is -2.36. The zero-order valence-electron chi connectivity index (χ0n) is 37.7. The number of nitrogens with zero attached hydrogens (tertiary/aromatic N) is 2. The molecule has 2 aliphatic heterocycles. The van der Waals surface area contributed by atoms with Crippen molar-refractivity contribution in [2.45, 2.75) is 123 Å². The molecule has 0 bridgehead atoms. The SMILES string of the molecule is CCC[C@H]1CC[C@H](c2ccc(N3C(=O)c4cc(Cl)c5c6c(Cl)cc7c8c(cc(Cl)c(c9c(Cl)cc(c4c59)C3=O)c86)C(O)N(c3ccc([C@H]4CC[C@H](CCC)CC4)cc3C)C7=O)c(C)c2)CC1. The maximum absolute atomic E-state index is 14.8. The molecule has 7 aromatic carbocycles. The topological polar surface area (TPSA) is 77.9 Å². The number of benzene rings is 7. The summed E-state index contributed by atoms with van der Waals surface area (Å²) in [6.07, 6.45) is 13.1. The summed E-state index contributed by atoms with van der Waals surface area (Å²) < 4.78 is 0. The first-order chi connectivity index (χ1) is 31.8. The van der Waals surface area contributed by atoms with Gasteiger partial charge in [0.25, 0.3) is 17.7 Å². The third kappa shape index (κ3) is 6.63. The van der Waals surface area contributed by atoms with Crippen molar-refractivity contribution >= 4 is 119 Å². The van der Waals surface area contributed by atoms with Crippen LogP contribution >= 0.6 is 46.4 Å². The molecule has 1 atom stereocenters. The predicted octanol–water partition coefficient (Wildman–Crippen LogP) is 16.6. The van der Waals surface area contributed by atoms with Gasteiger partial charge < -0.3 is 5.11 Å². The van der Waals surface area contributed by atoms with Crippen LogP contribution in [-0.2, 0) is 0 Å². The number of aliphatic hydroxyl groups is 1. The van der Waals surface area contributed by atoms with Crippen LogP contribution < -0.4 is 9.80 Å². The Hall–Kier alpha value is -4.43. The number of aliphatic hydroxyl groups excluding tert-OH is 1. The lowest BCUT2D eigenvalue weighted by Crippen LogP contribution is -2.41. The average molecular weight is 959 g/mol. The largest absolute Gasteiger partial charge is 0.369 e. The molecule has 1 unspecified atom stereocenters. The predicted molar refractivity (Wildman–Crippen MR) is 272 cm³/mol. The van der Waals surface area contributed by atoms with E-state index in [4.69, 9.17) is 46.4 Å². The van der Waals surface area contributed by atoms with Gasteiger partial charge in [-0.1, -0.05) is 110 Å². The minimum Gasteiger partial charge on any atom is -0.369 e. The molecule has 7 aromatic rings. The number of hydrogen-bond donors (Lipinski definition) is 1. The van der Waals surface area contributed by atoms with Crippen molar-refractivity contribution in [3.8, 4) is 0 Å². The van der Waals surface area contributed by atoms with E-state index in [0.717, 1.165) is 48.6 Å². The fourth-order valence-electron chi connectivity index (χ4n) is 12.8. The third-order valence-electron chi connectivity index (χ3n) is 16.0. The standard InChI is InChI=1S/C56H52Cl4N2O4/c1-5-7-29-9-13-31(14-10-29)33-17-19-43(27(3)21-33)61-53(63)35-23-39(57)47-49-41(59)25-37-46-38(26-42(60)50(52(46)49)48-40(58)24-36(54(61)64)45(35)51(47)48)56(66)62(55(37)65)44-20-18-34(22-28(44)4)32-15-11-30(8-6-2)12-16-32/h17-26,29-32,53,63H,5-16H2,1-4H3/t29-,30-,31-,32-,53?. The van der Waals surface area contributed by atoms with Gasteiger partial charge in [0.05, 0.1) is 16.8 Å². The molecule has 2 aliphatic carbocycles. The number of imide groups is 1. The molecule has 0 spiro atoms. The van der Waals surface area contributed by atoms with Crippen LogP contribution in [0.2, 0.25) is 20.1 Å². The molecule has 11 rings (SSSR count). The van der Waals surface area contributed by atoms with Crippen molar-refractivity contribution in [3.63, 3.8) is 0 Å². The molecule has 66 heavy (non-hydrogen) atoms. The molecule has 0 saturated heterocycles. The minimum atomic E-state index is -1.37. The third-order valence-corrected chi connectivity index (χ3v) is 17.2. The molecule has 10 heteroatoms. The van der Waals surface area contributed by atoms with Crippen LogP contribution in [0.1, 0.15) is 168 Å². The second-order valence-corrected chi connectivity index (χ2v) is 21.4. The van der Waals surface area contributed by atoms with E-state index in [-0.39, 0.29) is 31.2 Å². The normalized spacial score (nSPS) is 22.3. The van der Waals surface area contributed by atoms with Gasteiger partial charge >= 0.3 is 0 Å². The van der Waals surface area contributed by atoms with Gasteiger partial charge in [0, 0.05) is 80.0 Å². The summed E-state index contributed by atoms with van der Waals surface area (Å²) in [4.78, 5) is 47.1. The number of anilines is 2. The molecule has 2 fully saturated rings. The molecular weight excluding hydrogens is 906 g/mol. The molecule has 0 aromatic heterocycles. The summed E-state index contributed by atoms with van der Waals surface area (Å²) in [7, 11) is 0. The van der Waals surface area contributed by atoms with Crippen LogP contribution in [0.3, 0.4) is 0 Å². The molecule has 4 aliphatic rings. The second-order valence-electron chi connectivity index (χ2n) is 19.8. The van der Waals surface area contributed by atoms with Crippen LogP contribution in [-0.4, -0.2) is 22.8 Å². The second kappa shape index (κ2) is 16.7. The summed E-state index contributed by atoms with van der Waals surface area (Å²) in [5, 5.41) is 17.1. The van der Waals surface area contributed by atoms with Crippen LogP contribution in [0, 0.1) is 25.7 Å². The molecule has 6 nitrogen and oxygen atoms in total. The Morgan fingerprint density at radius 1 is 0.500 bits per heavy atom. The molecule has 338 valence electrons. The van der Waals surface area contributed by atoms with Crippen LogP contribution in [0.4, 0.5) is 11.4 Å². The molecule has 1 N–H and O–H groups in total. The highest BCUT2D eigenvalue weighted by Crippen LogP contribution is 2.55. The lowest BCUT2D eigenvalue weighted by molar-refractivity contribution is 0.0871. The van der Waals surface area contributed by atoms with Crippen LogP contribution in [0.5, 0.6) is 0 Å². The molecular formula is C56H52Cl4N2O4. The Balaban J connectivity index is 1.01. The number of fused-ring (bicyclic) bond motifs is 2. The van der Waals surface area contributed by atoms with Crippen molar-refractivity contribution in [2.75, 3.05) is 9.80 Å². The Bertz CT molecular complexity index is 3140. The van der Waals surface area contributed by atoms with E-state index in [1.807, 2.05) is 26.0 Å². The van der Waals surface area contributed by atoms with Gasteiger partial charge in [-0.2, -0.15) is 0 Å². The monoisotopic (exact) mass is 956 g/mol. The van der Waals surface area contributed by atoms with E-state index >= 15 is 0 Å². The summed E-state index contributed by atoms with van der Waals surface area (Å²) >= 11 is 29.3. The van der Waals surface area contributed by atoms with E-state index in [1.54, 1.807) is 24.3 Å². The minimum absolute atomic E-state index is 0.226. The zero-order valence-corrected chi connectivity index (χ0v) is 40.7. The highest BCUT2D eigenvalue weighted by atomic mass is 35.5. The van der Waals surface area contributed by atoms with Crippen molar-refractivity contribution in [2.24, 2.45) is 11.8 Å². The zero-order chi connectivity index (χ0) is 46.0. The van der Waals surface area contributed by atoms with E-state index in [2.05, 4.69) is 38.1 Å². The van der Waals surface area contributed by atoms with Gasteiger partial charge in [0.2, 0.25) is 0 Å². The maximum atomic E-state index is 14.8. The average Bonchev–Trinajstić information content (AvgIpc) is 3.30. The van der Waals surface area contributed by atoms with Gasteiger partial charge in [0.15, 0.2) is 6.23 Å². The van der Waals surface area contributed by atoms with Crippen molar-refractivity contribution in [1.82, 2.24) is 0 Å². The van der Waals surface area contributed by atoms with Gasteiger partial charge in [-0.15, -0.1) is 0 Å². The lowest BCUT2D eigenvalue weighted by atomic mass is 9.77. The quantitative estimate of drug-likeness (QED) is 0.0935. The molecule has 2 heterocycles. The Labute approximate surface area is 405 Å².